The zero-order valence-electron chi connectivity index (χ0n) is 11.0. The average Bonchev–Trinajstić information content (AvgIpc) is 2.89. The van der Waals surface area contributed by atoms with E-state index in [0.717, 1.165) is 19.5 Å². The van der Waals surface area contributed by atoms with Crippen molar-refractivity contribution in [3.63, 3.8) is 0 Å². The van der Waals surface area contributed by atoms with Gasteiger partial charge in [0.1, 0.15) is 5.75 Å². The number of nitrogens with one attached hydrogen (secondary N) is 2. The molecule has 5 heteroatoms. The summed E-state index contributed by atoms with van der Waals surface area (Å²) in [5.74, 6) is 1.05. The molecular formula is C14H19ClN2O2. The molecule has 1 aliphatic heterocycles. The van der Waals surface area contributed by atoms with Crippen molar-refractivity contribution in [2.75, 3.05) is 19.6 Å². The zero-order chi connectivity index (χ0) is 13.7. The lowest BCUT2D eigenvalue weighted by molar-refractivity contribution is -0.127. The summed E-state index contributed by atoms with van der Waals surface area (Å²) in [7, 11) is 0. The van der Waals surface area contributed by atoms with Gasteiger partial charge in [-0.1, -0.05) is 17.7 Å². The maximum atomic E-state index is 11.9. The summed E-state index contributed by atoms with van der Waals surface area (Å²) in [6.45, 7) is 4.46. The smallest absolute Gasteiger partial charge is 0.260 e. The number of hydrogen-bond donors (Lipinski definition) is 2. The fourth-order valence-electron chi connectivity index (χ4n) is 2.08. The number of halogens is 1. The third-order valence-electron chi connectivity index (χ3n) is 3.21. The molecule has 1 heterocycles. The lowest BCUT2D eigenvalue weighted by Crippen LogP contribution is -2.39. The molecule has 0 radical (unpaired) electrons. The minimum atomic E-state index is -0.521. The van der Waals surface area contributed by atoms with Crippen molar-refractivity contribution in [3.8, 4) is 5.75 Å². The van der Waals surface area contributed by atoms with E-state index in [0.29, 0.717) is 23.2 Å². The number of hydrogen-bond acceptors (Lipinski definition) is 3. The van der Waals surface area contributed by atoms with Gasteiger partial charge in [-0.05, 0) is 50.6 Å². The van der Waals surface area contributed by atoms with Crippen LogP contribution in [0.4, 0.5) is 0 Å². The molecule has 19 heavy (non-hydrogen) atoms. The molecule has 2 atom stereocenters. The first-order valence-electron chi connectivity index (χ1n) is 6.56. The molecule has 1 saturated heterocycles. The Bertz CT molecular complexity index is 433. The predicted octanol–water partition coefficient (Wildman–Crippen LogP) is 1.83. The van der Waals surface area contributed by atoms with Gasteiger partial charge in [0.25, 0.3) is 5.91 Å². The molecule has 0 saturated carbocycles. The first-order valence-corrected chi connectivity index (χ1v) is 6.93. The standard InChI is InChI=1S/C14H19ClN2O2/c1-10(19-13-4-2-3-12(15)7-13)14(18)17-9-11-5-6-16-8-11/h2-4,7,10-11,16H,5-6,8-9H2,1H3,(H,17,18). The Labute approximate surface area is 118 Å². The average molecular weight is 283 g/mol. The zero-order valence-corrected chi connectivity index (χ0v) is 11.7. The van der Waals surface area contributed by atoms with Crippen LogP contribution in [0, 0.1) is 5.92 Å². The number of ether oxygens (including phenoxy) is 1. The Balaban J connectivity index is 1.78. The van der Waals surface area contributed by atoms with Gasteiger partial charge in [0.15, 0.2) is 6.10 Å². The second-order valence-corrected chi connectivity index (χ2v) is 5.26. The number of rotatable bonds is 5. The summed E-state index contributed by atoms with van der Waals surface area (Å²) in [4.78, 5) is 11.9. The minimum Gasteiger partial charge on any atom is -0.481 e. The van der Waals surface area contributed by atoms with E-state index in [-0.39, 0.29) is 5.91 Å². The number of carbonyl (C=O) groups excluding carboxylic acids is 1. The summed E-state index contributed by atoms with van der Waals surface area (Å²) < 4.78 is 5.56. The molecule has 2 rings (SSSR count). The van der Waals surface area contributed by atoms with E-state index in [4.69, 9.17) is 16.3 Å². The maximum Gasteiger partial charge on any atom is 0.260 e. The Morgan fingerprint density at radius 3 is 3.16 bits per heavy atom. The number of amides is 1. The third kappa shape index (κ3) is 4.40. The first-order chi connectivity index (χ1) is 9.15. The molecule has 2 N–H and O–H groups in total. The van der Waals surface area contributed by atoms with Crippen molar-refractivity contribution in [1.82, 2.24) is 10.6 Å². The highest BCUT2D eigenvalue weighted by atomic mass is 35.5. The quantitative estimate of drug-likeness (QED) is 0.866. The first kappa shape index (κ1) is 14.2. The van der Waals surface area contributed by atoms with Crippen LogP contribution in [0.25, 0.3) is 0 Å². The molecule has 1 aromatic carbocycles. The van der Waals surface area contributed by atoms with Crippen LogP contribution >= 0.6 is 11.6 Å². The van der Waals surface area contributed by atoms with E-state index in [1.54, 1.807) is 31.2 Å². The van der Waals surface area contributed by atoms with Gasteiger partial charge in [0, 0.05) is 11.6 Å². The Hall–Kier alpha value is -1.26. The molecule has 1 amide bonds. The van der Waals surface area contributed by atoms with Crippen LogP contribution in [0.3, 0.4) is 0 Å². The van der Waals surface area contributed by atoms with Crippen LogP contribution in [0.15, 0.2) is 24.3 Å². The van der Waals surface area contributed by atoms with Crippen LogP contribution in [0.5, 0.6) is 5.75 Å². The Morgan fingerprint density at radius 2 is 2.47 bits per heavy atom. The highest BCUT2D eigenvalue weighted by molar-refractivity contribution is 6.30. The van der Waals surface area contributed by atoms with E-state index < -0.39 is 6.10 Å². The van der Waals surface area contributed by atoms with Crippen molar-refractivity contribution >= 4 is 17.5 Å². The molecule has 1 aromatic rings. The van der Waals surface area contributed by atoms with Crippen molar-refractivity contribution in [3.05, 3.63) is 29.3 Å². The molecule has 2 unspecified atom stereocenters. The monoisotopic (exact) mass is 282 g/mol. The molecule has 1 aliphatic rings. The molecule has 0 aliphatic carbocycles. The summed E-state index contributed by atoms with van der Waals surface area (Å²) in [6, 6.07) is 7.06. The fourth-order valence-corrected chi connectivity index (χ4v) is 2.26. The Kier molecular flexibility index (Phi) is 5.05. The van der Waals surface area contributed by atoms with Crippen molar-refractivity contribution < 1.29 is 9.53 Å². The second kappa shape index (κ2) is 6.78. The lowest BCUT2D eigenvalue weighted by atomic mass is 10.1. The van der Waals surface area contributed by atoms with Crippen LogP contribution in [-0.4, -0.2) is 31.6 Å². The second-order valence-electron chi connectivity index (χ2n) is 4.82. The minimum absolute atomic E-state index is 0.0909. The molecule has 4 nitrogen and oxygen atoms in total. The van der Waals surface area contributed by atoms with Crippen LogP contribution in [0.2, 0.25) is 5.02 Å². The van der Waals surface area contributed by atoms with Gasteiger partial charge in [0.05, 0.1) is 0 Å². The highest BCUT2D eigenvalue weighted by Gasteiger charge is 2.18. The molecule has 0 bridgehead atoms. The fraction of sp³-hybridized carbons (Fsp3) is 0.500. The van der Waals surface area contributed by atoms with E-state index in [9.17, 15) is 4.79 Å². The van der Waals surface area contributed by atoms with Crippen molar-refractivity contribution in [2.45, 2.75) is 19.4 Å². The van der Waals surface area contributed by atoms with E-state index in [1.807, 2.05) is 0 Å². The summed E-state index contributed by atoms with van der Waals surface area (Å²) in [5, 5.41) is 6.80. The van der Waals surface area contributed by atoms with Crippen LogP contribution in [0.1, 0.15) is 13.3 Å². The highest BCUT2D eigenvalue weighted by Crippen LogP contribution is 2.18. The Morgan fingerprint density at radius 1 is 1.63 bits per heavy atom. The van der Waals surface area contributed by atoms with Gasteiger partial charge in [-0.2, -0.15) is 0 Å². The van der Waals surface area contributed by atoms with Crippen LogP contribution < -0.4 is 15.4 Å². The van der Waals surface area contributed by atoms with Crippen LogP contribution in [-0.2, 0) is 4.79 Å². The predicted molar refractivity (Wildman–Crippen MR) is 75.5 cm³/mol. The van der Waals surface area contributed by atoms with Gasteiger partial charge in [-0.3, -0.25) is 4.79 Å². The van der Waals surface area contributed by atoms with Gasteiger partial charge in [0.2, 0.25) is 0 Å². The third-order valence-corrected chi connectivity index (χ3v) is 3.44. The van der Waals surface area contributed by atoms with Gasteiger partial charge >= 0.3 is 0 Å². The van der Waals surface area contributed by atoms with E-state index >= 15 is 0 Å². The summed E-state index contributed by atoms with van der Waals surface area (Å²) in [5.41, 5.74) is 0. The maximum absolute atomic E-state index is 11.9. The van der Waals surface area contributed by atoms with E-state index in [2.05, 4.69) is 10.6 Å². The number of benzene rings is 1. The molecule has 1 fully saturated rings. The van der Waals surface area contributed by atoms with Gasteiger partial charge in [-0.15, -0.1) is 0 Å². The normalized spacial score (nSPS) is 20.0. The van der Waals surface area contributed by atoms with E-state index in [1.165, 1.54) is 0 Å². The van der Waals surface area contributed by atoms with Crippen molar-refractivity contribution in [1.29, 1.82) is 0 Å². The lowest BCUT2D eigenvalue weighted by Gasteiger charge is -2.16. The van der Waals surface area contributed by atoms with Gasteiger partial charge in [-0.25, -0.2) is 0 Å². The SMILES string of the molecule is CC(Oc1cccc(Cl)c1)C(=O)NCC1CCNC1. The topological polar surface area (TPSA) is 50.4 Å². The molecular weight excluding hydrogens is 264 g/mol. The van der Waals surface area contributed by atoms with Gasteiger partial charge < -0.3 is 15.4 Å². The summed E-state index contributed by atoms with van der Waals surface area (Å²) >= 11 is 5.87. The molecule has 0 spiro atoms. The summed E-state index contributed by atoms with van der Waals surface area (Å²) in [6.07, 6.45) is 0.594. The largest absolute Gasteiger partial charge is 0.481 e. The molecule has 0 aromatic heterocycles. The number of carbonyl (C=O) groups is 1. The molecule has 104 valence electrons. The van der Waals surface area contributed by atoms with Crippen molar-refractivity contribution in [2.24, 2.45) is 5.92 Å².